The summed E-state index contributed by atoms with van der Waals surface area (Å²) in [6.07, 6.45) is -1.02. The zero-order valence-corrected chi connectivity index (χ0v) is 8.53. The molecule has 0 N–H and O–H groups in total. The fraction of sp³-hybridized carbons (Fsp3) is 0.778. The van der Waals surface area contributed by atoms with Crippen molar-refractivity contribution in [3.63, 3.8) is 0 Å². The third-order valence-corrected chi connectivity index (χ3v) is 2.24. The number of cyclic esters (lactones) is 2. The number of ether oxygens (including phenoxy) is 3. The lowest BCUT2D eigenvalue weighted by Gasteiger charge is -2.21. The molecular weight excluding hydrogens is 188 g/mol. The molecule has 0 aromatic rings. The molecule has 0 saturated carbocycles. The van der Waals surface area contributed by atoms with Gasteiger partial charge in [0.1, 0.15) is 0 Å². The fourth-order valence-corrected chi connectivity index (χ4v) is 0.793. The van der Waals surface area contributed by atoms with Crippen LogP contribution in [0.15, 0.2) is 0 Å². The van der Waals surface area contributed by atoms with Crippen LogP contribution in [0.1, 0.15) is 27.2 Å². The van der Waals surface area contributed by atoms with E-state index in [9.17, 15) is 9.59 Å². The molecule has 1 saturated heterocycles. The van der Waals surface area contributed by atoms with Crippen molar-refractivity contribution in [2.45, 2.75) is 33.5 Å². The van der Waals surface area contributed by atoms with Crippen molar-refractivity contribution in [1.29, 1.82) is 0 Å². The molecule has 1 aliphatic rings. The van der Waals surface area contributed by atoms with E-state index in [1.807, 2.05) is 6.92 Å². The van der Waals surface area contributed by atoms with Gasteiger partial charge in [0.05, 0.1) is 5.41 Å². The molecule has 1 heterocycles. The summed E-state index contributed by atoms with van der Waals surface area (Å²) in [7, 11) is 0. The zero-order chi connectivity index (χ0) is 10.8. The molecular formula is C9H14O5. The van der Waals surface area contributed by atoms with Crippen molar-refractivity contribution in [2.75, 3.05) is 6.61 Å². The Morgan fingerprint density at radius 1 is 1.64 bits per heavy atom. The van der Waals surface area contributed by atoms with Crippen LogP contribution in [-0.4, -0.2) is 25.0 Å². The molecule has 0 aliphatic carbocycles. The summed E-state index contributed by atoms with van der Waals surface area (Å²) in [6.45, 7) is 5.41. The maximum Gasteiger partial charge on any atom is 0.511 e. The Bertz CT molecular complexity index is 246. The molecule has 1 atom stereocenters. The number of carbonyl (C=O) groups is 2. The quantitative estimate of drug-likeness (QED) is 0.648. The Morgan fingerprint density at radius 3 is 2.71 bits per heavy atom. The van der Waals surface area contributed by atoms with Gasteiger partial charge in [-0.05, 0) is 20.3 Å². The highest BCUT2D eigenvalue weighted by Crippen LogP contribution is 2.23. The van der Waals surface area contributed by atoms with Gasteiger partial charge in [-0.3, -0.25) is 4.79 Å². The average molecular weight is 202 g/mol. The third-order valence-electron chi connectivity index (χ3n) is 2.24. The van der Waals surface area contributed by atoms with E-state index in [1.54, 1.807) is 13.8 Å². The van der Waals surface area contributed by atoms with Crippen LogP contribution in [0, 0.1) is 5.41 Å². The summed E-state index contributed by atoms with van der Waals surface area (Å²) in [5.41, 5.74) is -0.561. The van der Waals surface area contributed by atoms with Crippen LogP contribution in [0.4, 0.5) is 4.79 Å². The van der Waals surface area contributed by atoms with Crippen LogP contribution in [0.3, 0.4) is 0 Å². The van der Waals surface area contributed by atoms with Crippen molar-refractivity contribution in [3.05, 3.63) is 0 Å². The van der Waals surface area contributed by atoms with Crippen LogP contribution in [0.5, 0.6) is 0 Å². The van der Waals surface area contributed by atoms with E-state index in [0.29, 0.717) is 6.42 Å². The van der Waals surface area contributed by atoms with Gasteiger partial charge in [-0.15, -0.1) is 0 Å². The zero-order valence-electron chi connectivity index (χ0n) is 8.53. The largest absolute Gasteiger partial charge is 0.511 e. The lowest BCUT2D eigenvalue weighted by molar-refractivity contribution is -0.173. The summed E-state index contributed by atoms with van der Waals surface area (Å²) >= 11 is 0. The Labute approximate surface area is 82.3 Å². The minimum atomic E-state index is -0.888. The molecule has 0 bridgehead atoms. The predicted molar refractivity (Wildman–Crippen MR) is 46.4 cm³/mol. The molecule has 14 heavy (non-hydrogen) atoms. The van der Waals surface area contributed by atoms with Gasteiger partial charge in [-0.1, -0.05) is 6.92 Å². The molecule has 0 aromatic heterocycles. The Hall–Kier alpha value is -1.26. The van der Waals surface area contributed by atoms with Crippen LogP contribution >= 0.6 is 0 Å². The normalized spacial score (nSPS) is 21.4. The van der Waals surface area contributed by atoms with Crippen molar-refractivity contribution < 1.29 is 23.8 Å². The first-order valence-electron chi connectivity index (χ1n) is 4.50. The molecule has 0 aromatic carbocycles. The first-order valence-corrected chi connectivity index (χ1v) is 4.50. The molecule has 5 heteroatoms. The summed E-state index contributed by atoms with van der Waals surface area (Å²) in [6, 6.07) is 0. The number of esters is 1. The van der Waals surface area contributed by atoms with Crippen LogP contribution in [-0.2, 0) is 19.0 Å². The van der Waals surface area contributed by atoms with Crippen LogP contribution in [0.25, 0.3) is 0 Å². The lowest BCUT2D eigenvalue weighted by atomic mass is 9.91. The molecule has 0 amide bonds. The molecule has 1 rings (SSSR count). The Morgan fingerprint density at radius 2 is 2.29 bits per heavy atom. The van der Waals surface area contributed by atoms with Gasteiger partial charge in [0.25, 0.3) is 6.29 Å². The third kappa shape index (κ3) is 2.37. The molecule has 0 radical (unpaired) electrons. The monoisotopic (exact) mass is 202 g/mol. The first-order chi connectivity index (χ1) is 6.45. The average Bonchev–Trinajstić information content (AvgIpc) is 2.51. The summed E-state index contributed by atoms with van der Waals surface area (Å²) < 4.78 is 14.0. The van der Waals surface area contributed by atoms with Crippen LogP contribution < -0.4 is 0 Å². The lowest BCUT2D eigenvalue weighted by Crippen LogP contribution is -2.31. The maximum atomic E-state index is 11.5. The standard InChI is InChI=1S/C9H14O5/c1-4-9(2,3)7(10)13-6-5-12-8(11)14-6/h6H,4-5H2,1-3H3. The van der Waals surface area contributed by atoms with E-state index in [4.69, 9.17) is 4.74 Å². The highest BCUT2D eigenvalue weighted by Gasteiger charge is 2.34. The van der Waals surface area contributed by atoms with Crippen molar-refractivity contribution in [2.24, 2.45) is 5.41 Å². The molecule has 5 nitrogen and oxygen atoms in total. The second-order valence-electron chi connectivity index (χ2n) is 3.75. The van der Waals surface area contributed by atoms with E-state index in [2.05, 4.69) is 9.47 Å². The smallest absolute Gasteiger partial charge is 0.426 e. The van der Waals surface area contributed by atoms with Crippen molar-refractivity contribution in [1.82, 2.24) is 0 Å². The Balaban J connectivity index is 2.45. The molecule has 1 fully saturated rings. The van der Waals surface area contributed by atoms with E-state index in [1.165, 1.54) is 0 Å². The molecule has 0 spiro atoms. The minimum Gasteiger partial charge on any atom is -0.426 e. The van der Waals surface area contributed by atoms with Gasteiger partial charge in [-0.2, -0.15) is 0 Å². The Kier molecular flexibility index (Phi) is 2.98. The summed E-state index contributed by atoms with van der Waals surface area (Å²) in [5.74, 6) is -0.386. The van der Waals surface area contributed by atoms with Gasteiger partial charge in [0.15, 0.2) is 6.61 Å². The number of carbonyl (C=O) groups excluding carboxylic acids is 2. The molecule has 80 valence electrons. The van der Waals surface area contributed by atoms with Crippen LogP contribution in [0.2, 0.25) is 0 Å². The van der Waals surface area contributed by atoms with Gasteiger partial charge in [0, 0.05) is 0 Å². The number of hydrogen-bond donors (Lipinski definition) is 0. The minimum absolute atomic E-state index is 0.0234. The van der Waals surface area contributed by atoms with E-state index in [0.717, 1.165) is 0 Å². The predicted octanol–water partition coefficient (Wildman–Crippen LogP) is 1.46. The second kappa shape index (κ2) is 3.86. The number of hydrogen-bond acceptors (Lipinski definition) is 5. The molecule has 1 unspecified atom stereocenters. The highest BCUT2D eigenvalue weighted by atomic mass is 16.8. The second-order valence-corrected chi connectivity index (χ2v) is 3.75. The number of rotatable bonds is 3. The van der Waals surface area contributed by atoms with E-state index in [-0.39, 0.29) is 12.6 Å². The first kappa shape index (κ1) is 10.8. The van der Waals surface area contributed by atoms with Gasteiger partial charge in [-0.25, -0.2) is 4.79 Å². The highest BCUT2D eigenvalue weighted by molar-refractivity contribution is 5.76. The van der Waals surface area contributed by atoms with Gasteiger partial charge >= 0.3 is 12.1 Å². The van der Waals surface area contributed by atoms with Gasteiger partial charge in [0.2, 0.25) is 0 Å². The van der Waals surface area contributed by atoms with E-state index < -0.39 is 17.9 Å². The van der Waals surface area contributed by atoms with Gasteiger partial charge < -0.3 is 14.2 Å². The van der Waals surface area contributed by atoms with Crippen molar-refractivity contribution in [3.8, 4) is 0 Å². The summed E-state index contributed by atoms with van der Waals surface area (Å²) in [4.78, 5) is 22.0. The maximum absolute atomic E-state index is 11.5. The topological polar surface area (TPSA) is 61.8 Å². The SMILES string of the molecule is CCC(C)(C)C(=O)OC1COC(=O)O1. The van der Waals surface area contributed by atoms with Crippen molar-refractivity contribution >= 4 is 12.1 Å². The fourth-order valence-electron chi connectivity index (χ4n) is 0.793. The van der Waals surface area contributed by atoms with E-state index >= 15 is 0 Å². The summed E-state index contributed by atoms with van der Waals surface area (Å²) in [5, 5.41) is 0. The molecule has 1 aliphatic heterocycles.